The lowest BCUT2D eigenvalue weighted by Crippen LogP contribution is -2.49. The first-order valence-electron chi connectivity index (χ1n) is 9.37. The minimum absolute atomic E-state index is 0.232. The summed E-state index contributed by atoms with van der Waals surface area (Å²) < 4.78 is 25.2. The highest BCUT2D eigenvalue weighted by atomic mass is 32.2. The Morgan fingerprint density at radius 1 is 0.966 bits per heavy atom. The fourth-order valence-corrected chi connectivity index (χ4v) is 5.09. The molecule has 1 fully saturated rings. The van der Waals surface area contributed by atoms with Crippen LogP contribution in [-0.4, -0.2) is 49.0 Å². The van der Waals surface area contributed by atoms with E-state index in [1.165, 1.54) is 16.4 Å². The summed E-state index contributed by atoms with van der Waals surface area (Å²) in [4.78, 5) is 38.3. The van der Waals surface area contributed by atoms with Gasteiger partial charge in [0.2, 0.25) is 15.9 Å². The number of nitrogens with zero attached hydrogens (tertiary/aromatic N) is 1. The molecule has 2 aromatic rings. The number of carbonyl (C=O) groups excluding carboxylic acids is 3. The third-order valence-corrected chi connectivity index (χ3v) is 6.66. The van der Waals surface area contributed by atoms with E-state index in [-0.39, 0.29) is 17.1 Å². The number of fused-ring (bicyclic) bond motifs is 2. The molecule has 0 saturated carbocycles. The number of carbonyl (C=O) groups is 3. The smallest absolute Gasteiger partial charge is 0.242 e. The zero-order chi connectivity index (χ0) is 20.8. The molecule has 1 amide bonds. The summed E-state index contributed by atoms with van der Waals surface area (Å²) in [6.45, 7) is 0.310. The largest absolute Gasteiger partial charge is 0.325 e. The maximum atomic E-state index is 12.8. The SMILES string of the molecule is CS(=O)(=O)N1CCCCC1C(=O)Nc1ccc2c(c1)C(=O)c1ccccc1C2=O. The lowest BCUT2D eigenvalue weighted by atomic mass is 9.84. The van der Waals surface area contributed by atoms with E-state index >= 15 is 0 Å². The number of hydrogen-bond donors (Lipinski definition) is 1. The molecule has 150 valence electrons. The molecule has 0 bridgehead atoms. The second-order valence-electron chi connectivity index (χ2n) is 7.34. The summed E-state index contributed by atoms with van der Waals surface area (Å²) in [6.07, 6.45) is 3.01. The van der Waals surface area contributed by atoms with Crippen molar-refractivity contribution >= 4 is 33.2 Å². The van der Waals surface area contributed by atoms with E-state index in [9.17, 15) is 22.8 Å². The van der Waals surface area contributed by atoms with Crippen molar-refractivity contribution in [2.45, 2.75) is 25.3 Å². The third-order valence-electron chi connectivity index (χ3n) is 5.37. The molecule has 0 radical (unpaired) electrons. The molecule has 0 aromatic heterocycles. The van der Waals surface area contributed by atoms with E-state index in [2.05, 4.69) is 5.32 Å². The first-order valence-corrected chi connectivity index (χ1v) is 11.2. The topological polar surface area (TPSA) is 101 Å². The van der Waals surface area contributed by atoms with Crippen molar-refractivity contribution in [1.82, 2.24) is 4.31 Å². The van der Waals surface area contributed by atoms with Gasteiger partial charge in [0.15, 0.2) is 11.6 Å². The summed E-state index contributed by atoms with van der Waals surface area (Å²) in [5.74, 6) is -0.949. The van der Waals surface area contributed by atoms with Crippen molar-refractivity contribution < 1.29 is 22.8 Å². The molecule has 8 heteroatoms. The lowest BCUT2D eigenvalue weighted by Gasteiger charge is -2.32. The van der Waals surface area contributed by atoms with Gasteiger partial charge < -0.3 is 5.32 Å². The van der Waals surface area contributed by atoms with Crippen LogP contribution in [0.3, 0.4) is 0 Å². The van der Waals surface area contributed by atoms with Crippen molar-refractivity contribution in [3.63, 3.8) is 0 Å². The summed E-state index contributed by atoms with van der Waals surface area (Å²) in [5.41, 5.74) is 1.59. The number of benzene rings is 2. The molecule has 1 aliphatic heterocycles. The first-order chi connectivity index (χ1) is 13.8. The minimum Gasteiger partial charge on any atom is -0.325 e. The molecule has 1 saturated heterocycles. The maximum absolute atomic E-state index is 12.8. The summed E-state index contributed by atoms with van der Waals surface area (Å²) >= 11 is 0. The first kappa shape index (κ1) is 19.5. The van der Waals surface area contributed by atoms with Crippen molar-refractivity contribution in [1.29, 1.82) is 0 Å². The highest BCUT2D eigenvalue weighted by Crippen LogP contribution is 2.29. The number of amides is 1. The number of ketones is 2. The average Bonchev–Trinajstić information content (AvgIpc) is 2.71. The van der Waals surface area contributed by atoms with Gasteiger partial charge in [0, 0.05) is 34.5 Å². The predicted octanol–water partition coefficient (Wildman–Crippen LogP) is 2.21. The van der Waals surface area contributed by atoms with E-state index in [1.54, 1.807) is 30.3 Å². The van der Waals surface area contributed by atoms with Gasteiger partial charge in [0.1, 0.15) is 6.04 Å². The number of piperidine rings is 1. The Morgan fingerprint density at radius 2 is 1.59 bits per heavy atom. The zero-order valence-corrected chi connectivity index (χ0v) is 16.7. The molecule has 1 atom stereocenters. The molecule has 0 spiro atoms. The molecule has 1 unspecified atom stereocenters. The van der Waals surface area contributed by atoms with E-state index in [0.29, 0.717) is 41.8 Å². The van der Waals surface area contributed by atoms with Gasteiger partial charge in [-0.25, -0.2) is 8.42 Å². The van der Waals surface area contributed by atoms with Gasteiger partial charge in [-0.2, -0.15) is 4.31 Å². The zero-order valence-electron chi connectivity index (χ0n) is 15.8. The minimum atomic E-state index is -3.50. The van der Waals surface area contributed by atoms with Gasteiger partial charge in [0.05, 0.1) is 6.26 Å². The number of anilines is 1. The molecule has 29 heavy (non-hydrogen) atoms. The van der Waals surface area contributed by atoms with Crippen molar-refractivity contribution in [2.24, 2.45) is 0 Å². The normalized spacial score (nSPS) is 19.4. The fourth-order valence-electron chi connectivity index (χ4n) is 3.97. The highest BCUT2D eigenvalue weighted by molar-refractivity contribution is 7.88. The van der Waals surface area contributed by atoms with Crippen LogP contribution in [0.4, 0.5) is 5.69 Å². The molecular weight excluding hydrogens is 392 g/mol. The van der Waals surface area contributed by atoms with Gasteiger partial charge in [-0.3, -0.25) is 14.4 Å². The number of rotatable bonds is 3. The molecule has 4 rings (SSSR count). The van der Waals surface area contributed by atoms with Gasteiger partial charge in [-0.05, 0) is 31.0 Å². The molecule has 2 aliphatic rings. The van der Waals surface area contributed by atoms with Crippen molar-refractivity contribution in [2.75, 3.05) is 18.1 Å². The Hall–Kier alpha value is -2.84. The lowest BCUT2D eigenvalue weighted by molar-refractivity contribution is -0.120. The van der Waals surface area contributed by atoms with E-state index in [1.807, 2.05) is 0 Å². The highest BCUT2D eigenvalue weighted by Gasteiger charge is 2.35. The van der Waals surface area contributed by atoms with Crippen LogP contribution in [-0.2, 0) is 14.8 Å². The number of hydrogen-bond acceptors (Lipinski definition) is 5. The average molecular weight is 412 g/mol. The predicted molar refractivity (Wildman–Crippen MR) is 108 cm³/mol. The van der Waals surface area contributed by atoms with Crippen molar-refractivity contribution in [3.8, 4) is 0 Å². The molecule has 7 nitrogen and oxygen atoms in total. The van der Waals surface area contributed by atoms with Crippen LogP contribution < -0.4 is 5.32 Å². The molecular formula is C21H20N2O5S. The van der Waals surface area contributed by atoms with Crippen LogP contribution in [0, 0.1) is 0 Å². The van der Waals surface area contributed by atoms with Gasteiger partial charge in [0.25, 0.3) is 0 Å². The third kappa shape index (κ3) is 3.49. The molecule has 1 heterocycles. The summed E-state index contributed by atoms with van der Waals surface area (Å²) in [7, 11) is -3.50. The van der Waals surface area contributed by atoms with Crippen LogP contribution in [0.1, 0.15) is 51.1 Å². The summed E-state index contributed by atoms with van der Waals surface area (Å²) in [5, 5.41) is 2.71. The van der Waals surface area contributed by atoms with Gasteiger partial charge >= 0.3 is 0 Å². The van der Waals surface area contributed by atoms with Crippen LogP contribution in [0.2, 0.25) is 0 Å². The second-order valence-corrected chi connectivity index (χ2v) is 9.27. The Labute approximate surface area is 168 Å². The van der Waals surface area contributed by atoms with Crippen LogP contribution >= 0.6 is 0 Å². The standard InChI is InChI=1S/C21H20N2O5S/c1-29(27,28)23-11-5-4-8-18(23)21(26)22-13-9-10-16-17(12-13)20(25)15-7-3-2-6-14(15)19(16)24/h2-3,6-7,9-10,12,18H,4-5,8,11H2,1H3,(H,22,26). The van der Waals surface area contributed by atoms with Crippen LogP contribution in [0.15, 0.2) is 42.5 Å². The number of nitrogens with one attached hydrogen (secondary N) is 1. The van der Waals surface area contributed by atoms with E-state index in [0.717, 1.165) is 12.7 Å². The monoisotopic (exact) mass is 412 g/mol. The molecule has 2 aromatic carbocycles. The summed E-state index contributed by atoms with van der Waals surface area (Å²) in [6, 6.07) is 10.4. The molecule has 1 aliphatic carbocycles. The van der Waals surface area contributed by atoms with Gasteiger partial charge in [-0.1, -0.05) is 30.7 Å². The van der Waals surface area contributed by atoms with Crippen LogP contribution in [0.25, 0.3) is 0 Å². The van der Waals surface area contributed by atoms with Crippen LogP contribution in [0.5, 0.6) is 0 Å². The second kappa shape index (κ2) is 7.20. The van der Waals surface area contributed by atoms with E-state index in [4.69, 9.17) is 0 Å². The number of sulfonamides is 1. The van der Waals surface area contributed by atoms with E-state index < -0.39 is 22.0 Å². The molecule has 1 N–H and O–H groups in total. The Bertz CT molecular complexity index is 1140. The fraction of sp³-hybridized carbons (Fsp3) is 0.286. The Kier molecular flexibility index (Phi) is 4.84. The Morgan fingerprint density at radius 3 is 2.24 bits per heavy atom. The maximum Gasteiger partial charge on any atom is 0.242 e. The quantitative estimate of drug-likeness (QED) is 0.711. The Balaban J connectivity index is 1.62. The van der Waals surface area contributed by atoms with Gasteiger partial charge in [-0.15, -0.1) is 0 Å². The van der Waals surface area contributed by atoms with Crippen molar-refractivity contribution in [3.05, 3.63) is 64.7 Å².